The molecule has 2 aliphatic heterocycles. The first-order valence-corrected chi connectivity index (χ1v) is 12.9. The van der Waals surface area contributed by atoms with Crippen LogP contribution >= 0.6 is 24.2 Å². The van der Waals surface area contributed by atoms with Gasteiger partial charge in [-0.05, 0) is 74.2 Å². The Labute approximate surface area is 213 Å². The largest absolute Gasteiger partial charge is 0.416 e. The fourth-order valence-corrected chi connectivity index (χ4v) is 6.46. The second-order valence-corrected chi connectivity index (χ2v) is 10.9. The van der Waals surface area contributed by atoms with Crippen LogP contribution in [0.2, 0.25) is 0 Å². The van der Waals surface area contributed by atoms with Crippen molar-refractivity contribution in [2.24, 2.45) is 12.5 Å². The third kappa shape index (κ3) is 5.65. The number of nitrogens with zero attached hydrogens (tertiary/aromatic N) is 4. The number of aromatic nitrogens is 3. The van der Waals surface area contributed by atoms with Crippen molar-refractivity contribution in [3.8, 4) is 0 Å². The van der Waals surface area contributed by atoms with E-state index in [9.17, 15) is 17.6 Å². The summed E-state index contributed by atoms with van der Waals surface area (Å²) in [4.78, 5) is 2.41. The average molecular weight is 535 g/mol. The van der Waals surface area contributed by atoms with Crippen LogP contribution < -0.4 is 0 Å². The fraction of sp³-hybridized carbons (Fsp3) is 0.667. The molecule has 5 nitrogen and oxygen atoms in total. The molecule has 11 heteroatoms. The van der Waals surface area contributed by atoms with Crippen LogP contribution in [0.1, 0.15) is 60.9 Å². The SMILES string of the molecule is Cl.Cn1c(SCCCN2CC[C@]3(C[C@H]3c3ccc(C(F)(F)F)cc3F)C2)nnc1C1CCOCC1. The Morgan fingerprint density at radius 3 is 2.69 bits per heavy atom. The van der Waals surface area contributed by atoms with E-state index in [1.54, 1.807) is 11.8 Å². The first kappa shape index (κ1) is 26.7. The molecule has 0 unspecified atom stereocenters. The maximum absolute atomic E-state index is 14.4. The molecule has 2 aromatic rings. The molecule has 194 valence electrons. The summed E-state index contributed by atoms with van der Waals surface area (Å²) in [6, 6.07) is 2.99. The molecule has 3 aliphatic rings. The highest BCUT2D eigenvalue weighted by Crippen LogP contribution is 2.64. The van der Waals surface area contributed by atoms with Gasteiger partial charge in [0.15, 0.2) is 5.16 Å². The summed E-state index contributed by atoms with van der Waals surface area (Å²) in [5, 5.41) is 9.74. The molecule has 1 saturated carbocycles. The summed E-state index contributed by atoms with van der Waals surface area (Å²) < 4.78 is 60.5. The van der Waals surface area contributed by atoms with Gasteiger partial charge in [0.1, 0.15) is 11.6 Å². The maximum atomic E-state index is 14.4. The molecule has 1 spiro atoms. The van der Waals surface area contributed by atoms with Crippen LogP contribution in [0.4, 0.5) is 17.6 Å². The number of hydrogen-bond acceptors (Lipinski definition) is 5. The predicted molar refractivity (Wildman–Crippen MR) is 129 cm³/mol. The highest BCUT2D eigenvalue weighted by Gasteiger charge is 2.58. The Morgan fingerprint density at radius 2 is 1.97 bits per heavy atom. The molecule has 3 heterocycles. The van der Waals surface area contributed by atoms with E-state index in [1.165, 1.54) is 6.07 Å². The van der Waals surface area contributed by atoms with Crippen molar-refractivity contribution >= 4 is 24.2 Å². The van der Waals surface area contributed by atoms with Gasteiger partial charge in [0.25, 0.3) is 0 Å². The van der Waals surface area contributed by atoms with Gasteiger partial charge in [-0.3, -0.25) is 0 Å². The van der Waals surface area contributed by atoms with Gasteiger partial charge in [-0.15, -0.1) is 22.6 Å². The zero-order valence-corrected chi connectivity index (χ0v) is 21.3. The minimum Gasteiger partial charge on any atom is -0.381 e. The van der Waals surface area contributed by atoms with Crippen molar-refractivity contribution in [2.75, 3.05) is 38.6 Å². The Kier molecular flexibility index (Phi) is 8.05. The van der Waals surface area contributed by atoms with Crippen LogP contribution in [0.15, 0.2) is 23.4 Å². The van der Waals surface area contributed by atoms with Crippen molar-refractivity contribution in [1.82, 2.24) is 19.7 Å². The van der Waals surface area contributed by atoms with Crippen LogP contribution in [0.3, 0.4) is 0 Å². The summed E-state index contributed by atoms with van der Waals surface area (Å²) in [6.45, 7) is 4.37. The topological polar surface area (TPSA) is 43.2 Å². The van der Waals surface area contributed by atoms with E-state index in [2.05, 4.69) is 19.7 Å². The van der Waals surface area contributed by atoms with Crippen molar-refractivity contribution < 1.29 is 22.3 Å². The molecular weight excluding hydrogens is 504 g/mol. The number of benzene rings is 1. The lowest BCUT2D eigenvalue weighted by Gasteiger charge is -2.21. The summed E-state index contributed by atoms with van der Waals surface area (Å²) in [7, 11) is 2.03. The van der Waals surface area contributed by atoms with Gasteiger partial charge in [-0.2, -0.15) is 13.2 Å². The summed E-state index contributed by atoms with van der Waals surface area (Å²) in [5.74, 6) is 1.71. The second-order valence-electron chi connectivity index (χ2n) is 9.87. The Hall–Kier alpha value is -1.36. The Bertz CT molecular complexity index is 1030. The third-order valence-electron chi connectivity index (χ3n) is 7.66. The van der Waals surface area contributed by atoms with Crippen LogP contribution in [-0.4, -0.2) is 58.3 Å². The molecule has 1 aromatic carbocycles. The van der Waals surface area contributed by atoms with Crippen molar-refractivity contribution in [1.29, 1.82) is 0 Å². The van der Waals surface area contributed by atoms with Crippen LogP contribution in [-0.2, 0) is 18.0 Å². The average Bonchev–Trinajstić information content (AvgIpc) is 3.14. The molecule has 0 N–H and O–H groups in total. The number of likely N-dealkylation sites (tertiary alicyclic amines) is 1. The number of hydrogen-bond donors (Lipinski definition) is 0. The lowest BCUT2D eigenvalue weighted by molar-refractivity contribution is -0.137. The van der Waals surface area contributed by atoms with Gasteiger partial charge < -0.3 is 14.2 Å². The molecule has 1 aliphatic carbocycles. The number of alkyl halides is 3. The summed E-state index contributed by atoms with van der Waals surface area (Å²) >= 11 is 1.72. The molecule has 2 saturated heterocycles. The van der Waals surface area contributed by atoms with E-state index in [-0.39, 0.29) is 23.7 Å². The third-order valence-corrected chi connectivity index (χ3v) is 8.77. The molecule has 2 atom stereocenters. The monoisotopic (exact) mass is 534 g/mol. The smallest absolute Gasteiger partial charge is 0.381 e. The minimum atomic E-state index is -4.51. The summed E-state index contributed by atoms with van der Waals surface area (Å²) in [5.41, 5.74) is -0.458. The zero-order valence-electron chi connectivity index (χ0n) is 19.7. The quantitative estimate of drug-likeness (QED) is 0.261. The molecule has 35 heavy (non-hydrogen) atoms. The van der Waals surface area contributed by atoms with Crippen molar-refractivity contribution in [3.05, 3.63) is 41.0 Å². The molecular formula is C24H31ClF4N4OS. The van der Waals surface area contributed by atoms with Gasteiger partial charge in [-0.25, -0.2) is 4.39 Å². The first-order valence-electron chi connectivity index (χ1n) is 12.0. The van der Waals surface area contributed by atoms with E-state index in [0.717, 1.165) is 87.8 Å². The zero-order chi connectivity index (χ0) is 23.9. The van der Waals surface area contributed by atoms with Gasteiger partial charge in [-0.1, -0.05) is 17.8 Å². The van der Waals surface area contributed by atoms with E-state index in [0.29, 0.717) is 17.5 Å². The number of halogens is 5. The highest BCUT2D eigenvalue weighted by molar-refractivity contribution is 7.99. The molecule has 1 aromatic heterocycles. The minimum absolute atomic E-state index is 0. The van der Waals surface area contributed by atoms with E-state index >= 15 is 0 Å². The van der Waals surface area contributed by atoms with E-state index in [1.807, 2.05) is 7.05 Å². The number of thioether (sulfide) groups is 1. The lowest BCUT2D eigenvalue weighted by Crippen LogP contribution is -2.23. The predicted octanol–water partition coefficient (Wildman–Crippen LogP) is 5.65. The molecule has 0 radical (unpaired) electrons. The Morgan fingerprint density at radius 1 is 1.20 bits per heavy atom. The first-order chi connectivity index (χ1) is 16.3. The van der Waals surface area contributed by atoms with Crippen LogP contribution in [0, 0.1) is 11.2 Å². The Balaban J connectivity index is 0.00000289. The van der Waals surface area contributed by atoms with Crippen molar-refractivity contribution in [2.45, 2.75) is 55.3 Å². The van der Waals surface area contributed by atoms with Crippen LogP contribution in [0.25, 0.3) is 0 Å². The van der Waals surface area contributed by atoms with Gasteiger partial charge >= 0.3 is 6.18 Å². The second kappa shape index (κ2) is 10.6. The van der Waals surface area contributed by atoms with Crippen LogP contribution in [0.5, 0.6) is 0 Å². The van der Waals surface area contributed by atoms with Gasteiger partial charge in [0.05, 0.1) is 5.56 Å². The fourth-order valence-electron chi connectivity index (χ4n) is 5.61. The summed E-state index contributed by atoms with van der Waals surface area (Å²) in [6.07, 6.45) is 0.312. The number of rotatable bonds is 7. The normalized spacial score (nSPS) is 25.2. The maximum Gasteiger partial charge on any atom is 0.416 e. The molecule has 3 fully saturated rings. The lowest BCUT2D eigenvalue weighted by atomic mass is 9.97. The van der Waals surface area contributed by atoms with E-state index < -0.39 is 17.6 Å². The highest BCUT2D eigenvalue weighted by atomic mass is 35.5. The van der Waals surface area contributed by atoms with E-state index in [4.69, 9.17) is 4.74 Å². The van der Waals surface area contributed by atoms with Gasteiger partial charge in [0.2, 0.25) is 0 Å². The molecule has 0 amide bonds. The van der Waals surface area contributed by atoms with Crippen molar-refractivity contribution in [3.63, 3.8) is 0 Å². The molecule has 5 rings (SSSR count). The molecule has 0 bridgehead atoms. The number of ether oxygens (including phenoxy) is 1. The standard InChI is InChI=1S/C24H30F4N4OS.ClH/c1-31-21(16-5-10-33-11-6-16)29-30-22(31)34-12-2-8-32-9-7-23(15-32)14-19(23)18-4-3-17(13-20(18)25)24(26,27)28;/h3-4,13,16,19H,2,5-12,14-15H2,1H3;1H/t19-,23-;/m0./s1. The van der Waals surface area contributed by atoms with Gasteiger partial charge in [0, 0.05) is 38.5 Å².